The molecule has 1 aromatic rings. The van der Waals surface area contributed by atoms with E-state index in [4.69, 9.17) is 9.47 Å². The summed E-state index contributed by atoms with van der Waals surface area (Å²) in [5.41, 5.74) is -2.96. The summed E-state index contributed by atoms with van der Waals surface area (Å²) in [6, 6.07) is 0. The van der Waals surface area contributed by atoms with Crippen LogP contribution in [0.3, 0.4) is 0 Å². The van der Waals surface area contributed by atoms with Gasteiger partial charge in [0.1, 0.15) is 0 Å². The molecule has 0 aliphatic carbocycles. The Hall–Kier alpha value is -1.17. The number of ether oxygens (including phenoxy) is 2. The van der Waals surface area contributed by atoms with Gasteiger partial charge in [0.15, 0.2) is 5.75 Å². The molecule has 0 amide bonds. The van der Waals surface area contributed by atoms with Crippen molar-refractivity contribution in [3.05, 3.63) is 23.0 Å². The first-order chi connectivity index (χ1) is 9.68. The standard InChI is InChI=1S/C13H16F2NO4P/c1-7-10-9(6-19-12(2,3)20-10)8(5-16-7)11(17)13(14,15)21-18-4/h5,21H,6H2,1-4H3. The Morgan fingerprint density at radius 3 is 2.81 bits per heavy atom. The molecule has 1 unspecified atom stereocenters. The summed E-state index contributed by atoms with van der Waals surface area (Å²) >= 11 is 0. The Morgan fingerprint density at radius 2 is 2.19 bits per heavy atom. The highest BCUT2D eigenvalue weighted by Crippen LogP contribution is 2.42. The molecule has 2 heterocycles. The molecule has 21 heavy (non-hydrogen) atoms. The fraction of sp³-hybridized carbons (Fsp3) is 0.538. The third-order valence-electron chi connectivity index (χ3n) is 2.99. The van der Waals surface area contributed by atoms with E-state index in [1.165, 1.54) is 0 Å². The van der Waals surface area contributed by atoms with E-state index in [9.17, 15) is 13.6 Å². The summed E-state index contributed by atoms with van der Waals surface area (Å²) in [5.74, 6) is -1.90. The molecule has 0 saturated heterocycles. The van der Waals surface area contributed by atoms with E-state index < -0.39 is 26.0 Å². The summed E-state index contributed by atoms with van der Waals surface area (Å²) in [5, 5.41) is 0. The number of hydrogen-bond donors (Lipinski definition) is 0. The van der Waals surface area contributed by atoms with Crippen molar-refractivity contribution in [2.75, 3.05) is 7.11 Å². The van der Waals surface area contributed by atoms with Crippen LogP contribution in [0.5, 0.6) is 5.75 Å². The van der Waals surface area contributed by atoms with Crippen LogP contribution in [0.1, 0.15) is 35.5 Å². The molecule has 1 aromatic heterocycles. The van der Waals surface area contributed by atoms with Crippen molar-refractivity contribution in [1.82, 2.24) is 4.98 Å². The first-order valence-corrected chi connectivity index (χ1v) is 7.13. The number of carbonyl (C=O) groups excluding carboxylic acids is 1. The minimum absolute atomic E-state index is 0.0128. The van der Waals surface area contributed by atoms with E-state index in [1.807, 2.05) is 0 Å². The number of nitrogens with zero attached hydrogens (tertiary/aromatic N) is 1. The van der Waals surface area contributed by atoms with E-state index in [-0.39, 0.29) is 12.2 Å². The van der Waals surface area contributed by atoms with Crippen LogP contribution >= 0.6 is 8.81 Å². The van der Waals surface area contributed by atoms with Gasteiger partial charge < -0.3 is 14.0 Å². The lowest BCUT2D eigenvalue weighted by Crippen LogP contribution is -2.37. The quantitative estimate of drug-likeness (QED) is 0.630. The van der Waals surface area contributed by atoms with E-state index in [0.29, 0.717) is 17.0 Å². The molecule has 5 nitrogen and oxygen atoms in total. The molecule has 0 spiro atoms. The van der Waals surface area contributed by atoms with E-state index in [2.05, 4.69) is 9.51 Å². The van der Waals surface area contributed by atoms with E-state index >= 15 is 0 Å². The minimum atomic E-state index is -3.59. The van der Waals surface area contributed by atoms with Crippen LogP contribution < -0.4 is 4.74 Å². The minimum Gasteiger partial charge on any atom is -0.461 e. The number of carbonyl (C=O) groups is 1. The van der Waals surface area contributed by atoms with Gasteiger partial charge in [0.05, 0.1) is 26.7 Å². The Balaban J connectivity index is 2.46. The largest absolute Gasteiger partial charge is 0.461 e. The monoisotopic (exact) mass is 319 g/mol. The van der Waals surface area contributed by atoms with Crippen LogP contribution in [0.2, 0.25) is 0 Å². The highest BCUT2D eigenvalue weighted by molar-refractivity contribution is 7.35. The molecule has 1 atom stereocenters. The number of hydrogen-bond acceptors (Lipinski definition) is 5. The summed E-state index contributed by atoms with van der Waals surface area (Å²) < 4.78 is 43.0. The molecule has 8 heteroatoms. The van der Waals surface area contributed by atoms with Gasteiger partial charge in [-0.1, -0.05) is 0 Å². The van der Waals surface area contributed by atoms with Gasteiger partial charge >= 0.3 is 5.66 Å². The van der Waals surface area contributed by atoms with E-state index in [1.54, 1.807) is 20.8 Å². The second kappa shape index (κ2) is 5.55. The number of ketones is 1. The summed E-state index contributed by atoms with van der Waals surface area (Å²) in [6.45, 7) is 5.10. The molecular formula is C13H16F2NO4P. The summed E-state index contributed by atoms with van der Waals surface area (Å²) in [6.07, 6.45) is 1.13. The van der Waals surface area contributed by atoms with Gasteiger partial charge in [-0.25, -0.2) is 0 Å². The van der Waals surface area contributed by atoms with Crippen LogP contribution in [-0.4, -0.2) is 29.3 Å². The van der Waals surface area contributed by atoms with Crippen LogP contribution in [0.4, 0.5) is 8.78 Å². The second-order valence-electron chi connectivity index (χ2n) is 5.07. The maximum absolute atomic E-state index is 13.8. The fourth-order valence-corrected chi connectivity index (χ4v) is 2.46. The van der Waals surface area contributed by atoms with Gasteiger partial charge in [-0.05, 0) is 6.92 Å². The molecule has 2 rings (SSSR count). The Bertz CT molecular complexity index is 578. The number of pyridine rings is 1. The number of Topliss-reactive ketones (excluding diaryl/α,β-unsaturated/α-hetero) is 1. The molecule has 1 aliphatic heterocycles. The molecule has 0 bridgehead atoms. The predicted octanol–water partition coefficient (Wildman–Crippen LogP) is 3.05. The number of halogens is 2. The lowest BCUT2D eigenvalue weighted by atomic mass is 10.0. The van der Waals surface area contributed by atoms with Gasteiger partial charge in [-0.2, -0.15) is 8.78 Å². The lowest BCUT2D eigenvalue weighted by molar-refractivity contribution is -0.180. The smallest absolute Gasteiger partial charge is 0.347 e. The summed E-state index contributed by atoms with van der Waals surface area (Å²) in [7, 11) is -0.123. The second-order valence-corrected chi connectivity index (χ2v) is 6.31. The van der Waals surface area contributed by atoms with Crippen LogP contribution in [0.15, 0.2) is 6.20 Å². The van der Waals surface area contributed by atoms with Gasteiger partial charge in [0.25, 0.3) is 0 Å². The van der Waals surface area contributed by atoms with Gasteiger partial charge in [-0.3, -0.25) is 9.78 Å². The first-order valence-electron chi connectivity index (χ1n) is 6.22. The molecule has 0 saturated carbocycles. The lowest BCUT2D eigenvalue weighted by Gasteiger charge is -2.34. The van der Waals surface area contributed by atoms with E-state index in [0.717, 1.165) is 13.3 Å². The Morgan fingerprint density at radius 1 is 1.52 bits per heavy atom. The third-order valence-corrected chi connectivity index (χ3v) is 3.67. The fourth-order valence-electron chi connectivity index (χ4n) is 1.98. The molecule has 1 aliphatic rings. The first kappa shape index (κ1) is 16.2. The molecule has 0 radical (unpaired) electrons. The van der Waals surface area contributed by atoms with Crippen LogP contribution in [0.25, 0.3) is 0 Å². The topological polar surface area (TPSA) is 57.7 Å². The highest BCUT2D eigenvalue weighted by atomic mass is 31.1. The molecule has 0 aromatic carbocycles. The zero-order chi connectivity index (χ0) is 15.8. The number of aromatic nitrogens is 1. The van der Waals surface area contributed by atoms with Gasteiger partial charge in [0.2, 0.25) is 11.6 Å². The zero-order valence-electron chi connectivity index (χ0n) is 12.1. The van der Waals surface area contributed by atoms with Crippen molar-refractivity contribution >= 4 is 14.6 Å². The molecule has 0 fully saturated rings. The SMILES string of the molecule is COPC(F)(F)C(=O)c1cnc(C)c2c1COC(C)(C)O2. The maximum atomic E-state index is 13.8. The van der Waals surface area contributed by atoms with Crippen molar-refractivity contribution in [1.29, 1.82) is 0 Å². The van der Waals surface area contributed by atoms with Gasteiger partial charge in [-0.15, -0.1) is 0 Å². The van der Waals surface area contributed by atoms with Crippen LogP contribution in [-0.2, 0) is 15.9 Å². The predicted molar refractivity (Wildman–Crippen MR) is 73.1 cm³/mol. The van der Waals surface area contributed by atoms with Crippen molar-refractivity contribution in [3.8, 4) is 5.75 Å². The van der Waals surface area contributed by atoms with Crippen molar-refractivity contribution in [3.63, 3.8) is 0 Å². The van der Waals surface area contributed by atoms with Crippen LogP contribution in [0, 0.1) is 6.92 Å². The molecule has 0 N–H and O–H groups in total. The maximum Gasteiger partial charge on any atom is 0.347 e. The molecular weight excluding hydrogens is 303 g/mol. The molecule has 116 valence electrons. The Kier molecular flexibility index (Phi) is 4.29. The average molecular weight is 319 g/mol. The van der Waals surface area contributed by atoms with Gasteiger partial charge in [0, 0.05) is 32.7 Å². The van der Waals surface area contributed by atoms with Crippen molar-refractivity contribution in [2.24, 2.45) is 0 Å². The third kappa shape index (κ3) is 3.20. The summed E-state index contributed by atoms with van der Waals surface area (Å²) in [4.78, 5) is 16.0. The van der Waals surface area contributed by atoms with Crippen molar-refractivity contribution < 1.29 is 27.6 Å². The van der Waals surface area contributed by atoms with Crippen molar-refractivity contribution in [2.45, 2.75) is 38.8 Å². The number of alkyl halides is 2. The number of aryl methyl sites for hydroxylation is 1. The number of rotatable bonds is 4. The highest BCUT2D eigenvalue weighted by Gasteiger charge is 2.43. The normalized spacial score (nSPS) is 17.6. The Labute approximate surface area is 122 Å². The average Bonchev–Trinajstić information content (AvgIpc) is 2.38. The number of fused-ring (bicyclic) bond motifs is 1. The zero-order valence-corrected chi connectivity index (χ0v) is 13.1.